The van der Waals surface area contributed by atoms with Crippen LogP contribution < -0.4 is 5.32 Å². The van der Waals surface area contributed by atoms with Crippen LogP contribution in [0.1, 0.15) is 31.2 Å². The fourth-order valence-electron chi connectivity index (χ4n) is 2.11. The Bertz CT molecular complexity index is 428. The van der Waals surface area contributed by atoms with E-state index in [0.29, 0.717) is 11.4 Å². The van der Waals surface area contributed by atoms with Crippen molar-refractivity contribution in [2.75, 3.05) is 11.9 Å². The minimum Gasteiger partial charge on any atom is -0.378 e. The van der Waals surface area contributed by atoms with Crippen LogP contribution in [0.15, 0.2) is 18.2 Å². The third-order valence-electron chi connectivity index (χ3n) is 3.16. The summed E-state index contributed by atoms with van der Waals surface area (Å²) in [6, 6.07) is 5.49. The van der Waals surface area contributed by atoms with Crippen molar-refractivity contribution in [2.45, 2.75) is 38.7 Å². The van der Waals surface area contributed by atoms with Crippen LogP contribution in [0.5, 0.6) is 0 Å². The summed E-state index contributed by atoms with van der Waals surface area (Å²) in [5.74, 6) is -0.00716. The molecule has 2 rings (SSSR count). The van der Waals surface area contributed by atoms with Crippen LogP contribution in [0, 0.1) is 6.92 Å². The topological polar surface area (TPSA) is 38.3 Å². The van der Waals surface area contributed by atoms with Gasteiger partial charge in [-0.2, -0.15) is 0 Å². The minimum absolute atomic E-state index is 0.00716. The van der Waals surface area contributed by atoms with Gasteiger partial charge in [-0.05, 0) is 43.9 Å². The number of rotatable bonds is 3. The van der Waals surface area contributed by atoms with E-state index in [-0.39, 0.29) is 12.0 Å². The number of amides is 1. The third-order valence-corrected chi connectivity index (χ3v) is 3.40. The van der Waals surface area contributed by atoms with Crippen molar-refractivity contribution >= 4 is 23.2 Å². The van der Waals surface area contributed by atoms with Crippen molar-refractivity contribution in [1.82, 2.24) is 0 Å². The first-order valence-corrected chi connectivity index (χ1v) is 6.70. The smallest absolute Gasteiger partial charge is 0.226 e. The maximum atomic E-state index is 11.9. The molecule has 1 aliphatic rings. The van der Waals surface area contributed by atoms with Gasteiger partial charge in [-0.3, -0.25) is 4.79 Å². The number of aryl methyl sites for hydroxylation is 1. The number of halogens is 1. The molecule has 0 bridgehead atoms. The highest BCUT2D eigenvalue weighted by atomic mass is 35.5. The van der Waals surface area contributed by atoms with E-state index in [1.165, 1.54) is 0 Å². The molecule has 0 saturated carbocycles. The SMILES string of the molecule is Cc1ccc(Cl)cc1NC(=O)CC1CCCCO1. The van der Waals surface area contributed by atoms with Gasteiger partial charge in [-0.1, -0.05) is 17.7 Å². The molecule has 1 fully saturated rings. The van der Waals surface area contributed by atoms with E-state index in [1.807, 2.05) is 19.1 Å². The Morgan fingerprint density at radius 1 is 1.50 bits per heavy atom. The summed E-state index contributed by atoms with van der Waals surface area (Å²) in [7, 11) is 0. The Morgan fingerprint density at radius 2 is 2.33 bits per heavy atom. The van der Waals surface area contributed by atoms with Crippen LogP contribution in [-0.2, 0) is 9.53 Å². The van der Waals surface area contributed by atoms with E-state index in [0.717, 1.165) is 37.1 Å². The van der Waals surface area contributed by atoms with Gasteiger partial charge in [-0.25, -0.2) is 0 Å². The monoisotopic (exact) mass is 267 g/mol. The van der Waals surface area contributed by atoms with Crippen molar-refractivity contribution in [2.24, 2.45) is 0 Å². The molecule has 1 atom stereocenters. The number of ether oxygens (including phenoxy) is 1. The van der Waals surface area contributed by atoms with E-state index >= 15 is 0 Å². The Balaban J connectivity index is 1.92. The number of carbonyl (C=O) groups is 1. The van der Waals surface area contributed by atoms with Gasteiger partial charge >= 0.3 is 0 Å². The molecule has 0 aliphatic carbocycles. The van der Waals surface area contributed by atoms with Gasteiger partial charge in [-0.15, -0.1) is 0 Å². The standard InChI is InChI=1S/C14H18ClNO2/c1-10-5-6-11(15)8-13(10)16-14(17)9-12-4-2-3-7-18-12/h5-6,8,12H,2-4,7,9H2,1H3,(H,16,17). The zero-order chi connectivity index (χ0) is 13.0. The number of carbonyl (C=O) groups excluding carboxylic acids is 1. The largest absolute Gasteiger partial charge is 0.378 e. The highest BCUT2D eigenvalue weighted by Crippen LogP contribution is 2.21. The van der Waals surface area contributed by atoms with Crippen LogP contribution in [0.25, 0.3) is 0 Å². The molecule has 0 spiro atoms. The molecule has 1 N–H and O–H groups in total. The van der Waals surface area contributed by atoms with E-state index in [2.05, 4.69) is 5.32 Å². The second-order valence-electron chi connectivity index (χ2n) is 4.70. The maximum Gasteiger partial charge on any atom is 0.226 e. The van der Waals surface area contributed by atoms with E-state index < -0.39 is 0 Å². The molecule has 4 heteroatoms. The van der Waals surface area contributed by atoms with Crippen molar-refractivity contribution in [3.8, 4) is 0 Å². The number of nitrogens with one attached hydrogen (secondary N) is 1. The number of benzene rings is 1. The van der Waals surface area contributed by atoms with Gasteiger partial charge < -0.3 is 10.1 Å². The lowest BCUT2D eigenvalue weighted by Crippen LogP contribution is -2.25. The van der Waals surface area contributed by atoms with Crippen molar-refractivity contribution < 1.29 is 9.53 Å². The predicted octanol–water partition coefficient (Wildman–Crippen LogP) is 3.55. The summed E-state index contributed by atoms with van der Waals surface area (Å²) < 4.78 is 5.55. The third kappa shape index (κ3) is 3.72. The molecule has 1 aliphatic heterocycles. The van der Waals surface area contributed by atoms with Crippen LogP contribution >= 0.6 is 11.6 Å². The summed E-state index contributed by atoms with van der Waals surface area (Å²) in [6.45, 7) is 2.72. The maximum absolute atomic E-state index is 11.9. The number of hydrogen-bond acceptors (Lipinski definition) is 2. The average Bonchev–Trinajstić information content (AvgIpc) is 2.35. The summed E-state index contributed by atoms with van der Waals surface area (Å²) in [4.78, 5) is 11.9. The Kier molecular flexibility index (Phi) is 4.61. The molecular formula is C14H18ClNO2. The molecular weight excluding hydrogens is 250 g/mol. The molecule has 1 heterocycles. The quantitative estimate of drug-likeness (QED) is 0.910. The molecule has 1 aromatic carbocycles. The van der Waals surface area contributed by atoms with Gasteiger partial charge in [0.25, 0.3) is 0 Å². The first-order valence-electron chi connectivity index (χ1n) is 6.33. The van der Waals surface area contributed by atoms with Crippen molar-refractivity contribution in [3.63, 3.8) is 0 Å². The van der Waals surface area contributed by atoms with Gasteiger partial charge in [0, 0.05) is 17.3 Å². The number of anilines is 1. The van der Waals surface area contributed by atoms with E-state index in [1.54, 1.807) is 6.07 Å². The average molecular weight is 268 g/mol. The fourth-order valence-corrected chi connectivity index (χ4v) is 2.28. The zero-order valence-corrected chi connectivity index (χ0v) is 11.3. The Hall–Kier alpha value is -1.06. The van der Waals surface area contributed by atoms with Gasteiger partial charge in [0.2, 0.25) is 5.91 Å². The molecule has 1 unspecified atom stereocenters. The van der Waals surface area contributed by atoms with E-state index in [9.17, 15) is 4.79 Å². The lowest BCUT2D eigenvalue weighted by molar-refractivity contribution is -0.119. The Labute approximate surface area is 112 Å². The van der Waals surface area contributed by atoms with Gasteiger partial charge in [0.05, 0.1) is 12.5 Å². The zero-order valence-electron chi connectivity index (χ0n) is 10.5. The number of hydrogen-bond donors (Lipinski definition) is 1. The van der Waals surface area contributed by atoms with Crippen molar-refractivity contribution in [1.29, 1.82) is 0 Å². The second kappa shape index (κ2) is 6.21. The van der Waals surface area contributed by atoms with Crippen LogP contribution in [0.2, 0.25) is 5.02 Å². The molecule has 98 valence electrons. The van der Waals surface area contributed by atoms with Crippen LogP contribution in [0.3, 0.4) is 0 Å². The fraction of sp³-hybridized carbons (Fsp3) is 0.500. The molecule has 3 nitrogen and oxygen atoms in total. The highest BCUT2D eigenvalue weighted by Gasteiger charge is 2.17. The second-order valence-corrected chi connectivity index (χ2v) is 5.14. The van der Waals surface area contributed by atoms with Gasteiger partial charge in [0.1, 0.15) is 0 Å². The molecule has 1 saturated heterocycles. The molecule has 1 amide bonds. The van der Waals surface area contributed by atoms with Crippen LogP contribution in [-0.4, -0.2) is 18.6 Å². The van der Waals surface area contributed by atoms with Crippen LogP contribution in [0.4, 0.5) is 5.69 Å². The normalized spacial score (nSPS) is 19.6. The van der Waals surface area contributed by atoms with Crippen molar-refractivity contribution in [3.05, 3.63) is 28.8 Å². The van der Waals surface area contributed by atoms with Gasteiger partial charge in [0.15, 0.2) is 0 Å². The highest BCUT2D eigenvalue weighted by molar-refractivity contribution is 6.31. The lowest BCUT2D eigenvalue weighted by atomic mass is 10.1. The Morgan fingerprint density at radius 3 is 3.06 bits per heavy atom. The first-order chi connectivity index (χ1) is 8.65. The van der Waals surface area contributed by atoms with E-state index in [4.69, 9.17) is 16.3 Å². The summed E-state index contributed by atoms with van der Waals surface area (Å²) >= 11 is 5.92. The molecule has 0 aromatic heterocycles. The predicted molar refractivity (Wildman–Crippen MR) is 73.0 cm³/mol. The lowest BCUT2D eigenvalue weighted by Gasteiger charge is -2.22. The molecule has 0 radical (unpaired) electrons. The molecule has 18 heavy (non-hydrogen) atoms. The first kappa shape index (κ1) is 13.4. The minimum atomic E-state index is -0.00716. The summed E-state index contributed by atoms with van der Waals surface area (Å²) in [5.41, 5.74) is 1.79. The molecule has 1 aromatic rings. The summed E-state index contributed by atoms with van der Waals surface area (Å²) in [5, 5.41) is 3.52. The summed E-state index contributed by atoms with van der Waals surface area (Å²) in [6.07, 6.45) is 3.71.